The van der Waals surface area contributed by atoms with E-state index in [1.807, 2.05) is 30.3 Å². The quantitative estimate of drug-likeness (QED) is 0.853. The van der Waals surface area contributed by atoms with E-state index in [0.29, 0.717) is 23.8 Å². The van der Waals surface area contributed by atoms with Gasteiger partial charge in [0.25, 0.3) is 5.91 Å². The lowest BCUT2D eigenvalue weighted by Crippen LogP contribution is -2.42. The van der Waals surface area contributed by atoms with Gasteiger partial charge in [-0.05, 0) is 49.9 Å². The second-order valence-corrected chi connectivity index (χ2v) is 6.74. The minimum absolute atomic E-state index is 0.0993. The fraction of sp³-hybridized carbons (Fsp3) is 0.381. The highest BCUT2D eigenvalue weighted by atomic mass is 16.5. The Bertz CT molecular complexity index is 795. The van der Waals surface area contributed by atoms with E-state index in [9.17, 15) is 10.1 Å². The normalized spacial score (nSPS) is 15.6. The molecule has 27 heavy (non-hydrogen) atoms. The van der Waals surface area contributed by atoms with Crippen molar-refractivity contribution < 1.29 is 9.53 Å². The second kappa shape index (κ2) is 9.04. The SMILES string of the molecule is C[C@H](Oc1ccccc1)C(=O)NCC1CCN(c2ncccc2C#N)CC1. The molecule has 1 saturated heterocycles. The van der Waals surface area contributed by atoms with Gasteiger partial charge < -0.3 is 15.0 Å². The van der Waals surface area contributed by atoms with Gasteiger partial charge in [0.05, 0.1) is 5.56 Å². The van der Waals surface area contributed by atoms with Gasteiger partial charge in [-0.2, -0.15) is 5.26 Å². The number of amides is 1. The summed E-state index contributed by atoms with van der Waals surface area (Å²) in [6.07, 6.45) is 3.10. The molecule has 0 radical (unpaired) electrons. The van der Waals surface area contributed by atoms with Gasteiger partial charge >= 0.3 is 0 Å². The molecule has 0 spiro atoms. The maximum Gasteiger partial charge on any atom is 0.260 e. The van der Waals surface area contributed by atoms with Crippen molar-refractivity contribution in [2.45, 2.75) is 25.9 Å². The Morgan fingerprint density at radius 3 is 2.74 bits per heavy atom. The van der Waals surface area contributed by atoms with Crippen LogP contribution in [0.3, 0.4) is 0 Å². The summed E-state index contributed by atoms with van der Waals surface area (Å²) in [6.45, 7) is 4.07. The number of ether oxygens (including phenoxy) is 1. The zero-order valence-corrected chi connectivity index (χ0v) is 15.5. The van der Waals surface area contributed by atoms with Gasteiger partial charge in [0.1, 0.15) is 17.6 Å². The van der Waals surface area contributed by atoms with Crippen LogP contribution >= 0.6 is 0 Å². The topological polar surface area (TPSA) is 78.2 Å². The second-order valence-electron chi connectivity index (χ2n) is 6.74. The summed E-state index contributed by atoms with van der Waals surface area (Å²) in [5.74, 6) is 1.77. The Labute approximate surface area is 159 Å². The molecule has 1 fully saturated rings. The average Bonchev–Trinajstić information content (AvgIpc) is 2.73. The van der Waals surface area contributed by atoms with Crippen molar-refractivity contribution in [2.24, 2.45) is 5.92 Å². The smallest absolute Gasteiger partial charge is 0.260 e. The molecule has 0 saturated carbocycles. The minimum atomic E-state index is -0.529. The molecular formula is C21H24N4O2. The number of nitrogens with zero attached hydrogens (tertiary/aromatic N) is 3. The number of hydrogen-bond donors (Lipinski definition) is 1. The number of nitrogens with one attached hydrogen (secondary N) is 1. The van der Waals surface area contributed by atoms with E-state index in [2.05, 4.69) is 21.3 Å². The van der Waals surface area contributed by atoms with Crippen LogP contribution in [-0.4, -0.2) is 36.6 Å². The largest absolute Gasteiger partial charge is 0.481 e. The van der Waals surface area contributed by atoms with E-state index in [1.165, 1.54) is 0 Å². The molecule has 6 nitrogen and oxygen atoms in total. The minimum Gasteiger partial charge on any atom is -0.481 e. The zero-order chi connectivity index (χ0) is 19.1. The molecule has 1 N–H and O–H groups in total. The van der Waals surface area contributed by atoms with Gasteiger partial charge in [0, 0.05) is 25.8 Å². The number of nitriles is 1. The van der Waals surface area contributed by atoms with Gasteiger partial charge in [-0.1, -0.05) is 18.2 Å². The maximum absolute atomic E-state index is 12.3. The highest BCUT2D eigenvalue weighted by molar-refractivity contribution is 5.80. The van der Waals surface area contributed by atoms with Gasteiger partial charge in [0.2, 0.25) is 0 Å². The van der Waals surface area contributed by atoms with Gasteiger partial charge in [-0.25, -0.2) is 4.98 Å². The lowest BCUT2D eigenvalue weighted by atomic mass is 9.96. The van der Waals surface area contributed by atoms with Crippen molar-refractivity contribution >= 4 is 11.7 Å². The van der Waals surface area contributed by atoms with Crippen LogP contribution in [0.15, 0.2) is 48.7 Å². The number of aromatic nitrogens is 1. The molecule has 0 unspecified atom stereocenters. The Kier molecular flexibility index (Phi) is 6.26. The molecule has 1 amide bonds. The van der Waals surface area contributed by atoms with E-state index >= 15 is 0 Å². The monoisotopic (exact) mass is 364 g/mol. The molecule has 1 atom stereocenters. The predicted octanol–water partition coefficient (Wildman–Crippen LogP) is 2.75. The lowest BCUT2D eigenvalue weighted by molar-refractivity contribution is -0.127. The Morgan fingerprint density at radius 1 is 1.30 bits per heavy atom. The Balaban J connectivity index is 1.44. The molecule has 3 rings (SSSR count). The van der Waals surface area contributed by atoms with E-state index in [4.69, 9.17) is 4.74 Å². The number of rotatable bonds is 6. The highest BCUT2D eigenvalue weighted by Crippen LogP contribution is 2.23. The summed E-state index contributed by atoms with van der Waals surface area (Å²) in [7, 11) is 0. The highest BCUT2D eigenvalue weighted by Gasteiger charge is 2.23. The van der Waals surface area contributed by atoms with Gasteiger partial charge in [-0.3, -0.25) is 4.79 Å². The van der Waals surface area contributed by atoms with Crippen LogP contribution in [0.25, 0.3) is 0 Å². The third kappa shape index (κ3) is 4.98. The molecular weight excluding hydrogens is 340 g/mol. The maximum atomic E-state index is 12.3. The van der Waals surface area contributed by atoms with Crippen LogP contribution in [0.5, 0.6) is 5.75 Å². The molecule has 1 aliphatic heterocycles. The van der Waals surface area contributed by atoms with Crippen molar-refractivity contribution in [3.63, 3.8) is 0 Å². The zero-order valence-electron chi connectivity index (χ0n) is 15.5. The van der Waals surface area contributed by atoms with Crippen LogP contribution in [0.4, 0.5) is 5.82 Å². The van der Waals surface area contributed by atoms with Crippen LogP contribution in [0.1, 0.15) is 25.3 Å². The third-order valence-corrected chi connectivity index (χ3v) is 4.81. The number of piperidine rings is 1. The Morgan fingerprint density at radius 2 is 2.04 bits per heavy atom. The standard InChI is InChI=1S/C21H24N4O2/c1-16(27-19-7-3-2-4-8-19)21(26)24-15-17-9-12-25(13-10-17)20-18(14-22)6-5-11-23-20/h2-8,11,16-17H,9-10,12-13,15H2,1H3,(H,24,26)/t16-/m0/s1. The fourth-order valence-electron chi connectivity index (χ4n) is 3.23. The number of carbonyl (C=O) groups is 1. The van der Waals surface area contributed by atoms with Gasteiger partial charge in [0.15, 0.2) is 6.10 Å². The fourth-order valence-corrected chi connectivity index (χ4v) is 3.23. The third-order valence-electron chi connectivity index (χ3n) is 4.81. The van der Waals surface area contributed by atoms with Gasteiger partial charge in [-0.15, -0.1) is 0 Å². The summed E-state index contributed by atoms with van der Waals surface area (Å²) in [6, 6.07) is 15.1. The number of para-hydroxylation sites is 1. The summed E-state index contributed by atoms with van der Waals surface area (Å²) in [5, 5.41) is 12.2. The van der Waals surface area contributed by atoms with Crippen LogP contribution < -0.4 is 15.0 Å². The van der Waals surface area contributed by atoms with Crippen molar-refractivity contribution in [2.75, 3.05) is 24.5 Å². The Hall–Kier alpha value is -3.07. The first-order valence-electron chi connectivity index (χ1n) is 9.27. The van der Waals surface area contributed by atoms with Crippen LogP contribution in [-0.2, 0) is 4.79 Å². The predicted molar refractivity (Wildman–Crippen MR) is 103 cm³/mol. The van der Waals surface area contributed by atoms with Crippen molar-refractivity contribution in [1.82, 2.24) is 10.3 Å². The molecule has 1 aromatic carbocycles. The number of carbonyl (C=O) groups excluding carboxylic acids is 1. The van der Waals surface area contributed by atoms with Crippen LogP contribution in [0.2, 0.25) is 0 Å². The lowest BCUT2D eigenvalue weighted by Gasteiger charge is -2.33. The molecule has 2 heterocycles. The van der Waals surface area contributed by atoms with E-state index in [0.717, 1.165) is 31.7 Å². The molecule has 1 aliphatic rings. The van der Waals surface area contributed by atoms with Crippen molar-refractivity contribution in [1.29, 1.82) is 5.26 Å². The number of anilines is 1. The summed E-state index contributed by atoms with van der Waals surface area (Å²) in [5.41, 5.74) is 0.608. The summed E-state index contributed by atoms with van der Waals surface area (Å²) < 4.78 is 5.66. The molecule has 0 aliphatic carbocycles. The number of benzene rings is 1. The molecule has 1 aromatic heterocycles. The summed E-state index contributed by atoms with van der Waals surface area (Å²) >= 11 is 0. The van der Waals surface area contributed by atoms with Crippen molar-refractivity contribution in [3.05, 3.63) is 54.2 Å². The molecule has 0 bridgehead atoms. The number of hydrogen-bond acceptors (Lipinski definition) is 5. The van der Waals surface area contributed by atoms with E-state index in [1.54, 1.807) is 25.3 Å². The molecule has 2 aromatic rings. The first kappa shape index (κ1) is 18.7. The van der Waals surface area contributed by atoms with E-state index in [-0.39, 0.29) is 5.91 Å². The molecule has 140 valence electrons. The molecule has 6 heteroatoms. The van der Waals surface area contributed by atoms with Crippen molar-refractivity contribution in [3.8, 4) is 11.8 Å². The first-order chi connectivity index (χ1) is 13.2. The first-order valence-corrected chi connectivity index (χ1v) is 9.27. The van der Waals surface area contributed by atoms with E-state index < -0.39 is 6.10 Å². The number of pyridine rings is 1. The average molecular weight is 364 g/mol. The van der Waals surface area contributed by atoms with Crippen LogP contribution in [0, 0.1) is 17.2 Å². The summed E-state index contributed by atoms with van der Waals surface area (Å²) in [4.78, 5) is 18.8.